The molecule has 1 aliphatic rings. The molecule has 2 nitrogen and oxygen atoms in total. The molecule has 0 aromatic heterocycles. The van der Waals surface area contributed by atoms with Gasteiger partial charge in [0.15, 0.2) is 0 Å². The first-order valence-electron chi connectivity index (χ1n) is 6.48. The van der Waals surface area contributed by atoms with Gasteiger partial charge in [-0.15, -0.1) is 0 Å². The van der Waals surface area contributed by atoms with E-state index in [-0.39, 0.29) is 16.9 Å². The average molecular weight is 271 g/mol. The third-order valence-corrected chi connectivity index (χ3v) is 4.15. The highest BCUT2D eigenvalue weighted by molar-refractivity contribution is 6.30. The molecule has 2 N–H and O–H groups in total. The molecule has 1 saturated heterocycles. The maximum absolute atomic E-state index is 13.6. The Morgan fingerprint density at radius 1 is 1.44 bits per heavy atom. The topological polar surface area (TPSA) is 29.3 Å². The standard InChI is InChI=1S/C14H20ClFN2/c1-18-7-3-2-4-11(9-17)14(18)10-5-6-12(15)13(16)8-10/h5-6,8,11,14H,2-4,7,9,17H2,1H3. The van der Waals surface area contributed by atoms with E-state index in [4.69, 9.17) is 17.3 Å². The Kier molecular flexibility index (Phi) is 4.60. The summed E-state index contributed by atoms with van der Waals surface area (Å²) in [6.45, 7) is 1.67. The molecule has 18 heavy (non-hydrogen) atoms. The van der Waals surface area contributed by atoms with Crippen molar-refractivity contribution in [2.45, 2.75) is 25.3 Å². The van der Waals surface area contributed by atoms with E-state index >= 15 is 0 Å². The second-order valence-corrected chi connectivity index (χ2v) is 5.50. The molecule has 0 saturated carbocycles. The summed E-state index contributed by atoms with van der Waals surface area (Å²) in [5, 5.41) is 0.180. The molecular weight excluding hydrogens is 251 g/mol. The highest BCUT2D eigenvalue weighted by atomic mass is 35.5. The summed E-state index contributed by atoms with van der Waals surface area (Å²) in [6.07, 6.45) is 3.48. The number of likely N-dealkylation sites (tertiary alicyclic amines) is 1. The van der Waals surface area contributed by atoms with Gasteiger partial charge in [0, 0.05) is 6.04 Å². The van der Waals surface area contributed by atoms with Gasteiger partial charge in [0.1, 0.15) is 5.82 Å². The molecule has 0 aliphatic carbocycles. The van der Waals surface area contributed by atoms with Gasteiger partial charge in [-0.2, -0.15) is 0 Å². The molecule has 2 rings (SSSR count). The van der Waals surface area contributed by atoms with Gasteiger partial charge < -0.3 is 5.73 Å². The van der Waals surface area contributed by atoms with E-state index in [9.17, 15) is 4.39 Å². The van der Waals surface area contributed by atoms with Crippen LogP contribution in [0.5, 0.6) is 0 Å². The first kappa shape index (κ1) is 13.8. The third-order valence-electron chi connectivity index (χ3n) is 3.85. The lowest BCUT2D eigenvalue weighted by atomic mass is 9.89. The first-order chi connectivity index (χ1) is 8.63. The summed E-state index contributed by atoms with van der Waals surface area (Å²) in [5.74, 6) is 0.0423. The van der Waals surface area contributed by atoms with Gasteiger partial charge in [0.2, 0.25) is 0 Å². The molecule has 1 heterocycles. The van der Waals surface area contributed by atoms with Gasteiger partial charge in [0.05, 0.1) is 5.02 Å². The van der Waals surface area contributed by atoms with Crippen molar-refractivity contribution in [2.24, 2.45) is 11.7 Å². The number of nitrogens with zero attached hydrogens (tertiary/aromatic N) is 1. The Balaban J connectivity index is 2.33. The van der Waals surface area contributed by atoms with Gasteiger partial charge in [-0.1, -0.05) is 24.1 Å². The summed E-state index contributed by atoms with van der Waals surface area (Å²) >= 11 is 5.75. The van der Waals surface area contributed by atoms with Crippen LogP contribution < -0.4 is 5.73 Å². The number of benzene rings is 1. The quantitative estimate of drug-likeness (QED) is 0.894. The zero-order chi connectivity index (χ0) is 13.1. The molecule has 0 radical (unpaired) electrons. The van der Waals surface area contributed by atoms with Crippen LogP contribution in [0.3, 0.4) is 0 Å². The van der Waals surface area contributed by atoms with Crippen LogP contribution in [0.2, 0.25) is 5.02 Å². The summed E-state index contributed by atoms with van der Waals surface area (Å²) in [4.78, 5) is 2.28. The number of hydrogen-bond donors (Lipinski definition) is 1. The number of rotatable bonds is 2. The van der Waals surface area contributed by atoms with Crippen LogP contribution in [-0.2, 0) is 0 Å². The summed E-state index contributed by atoms with van der Waals surface area (Å²) in [5.41, 5.74) is 6.87. The van der Waals surface area contributed by atoms with Crippen LogP contribution in [0.4, 0.5) is 4.39 Å². The average Bonchev–Trinajstić information content (AvgIpc) is 2.54. The number of halogens is 2. The van der Waals surface area contributed by atoms with Crippen LogP contribution in [-0.4, -0.2) is 25.0 Å². The lowest BCUT2D eigenvalue weighted by Crippen LogP contribution is -2.33. The van der Waals surface area contributed by atoms with Crippen molar-refractivity contribution in [3.05, 3.63) is 34.6 Å². The molecular formula is C14H20ClFN2. The molecule has 0 bridgehead atoms. The second-order valence-electron chi connectivity index (χ2n) is 5.09. The minimum absolute atomic E-state index is 0.180. The SMILES string of the molecule is CN1CCCCC(CN)C1c1ccc(Cl)c(F)c1. The van der Waals surface area contributed by atoms with Gasteiger partial charge >= 0.3 is 0 Å². The number of hydrogen-bond acceptors (Lipinski definition) is 2. The molecule has 0 spiro atoms. The van der Waals surface area contributed by atoms with E-state index in [2.05, 4.69) is 11.9 Å². The second kappa shape index (κ2) is 6.00. The highest BCUT2D eigenvalue weighted by Gasteiger charge is 2.28. The molecule has 1 fully saturated rings. The maximum atomic E-state index is 13.6. The van der Waals surface area contributed by atoms with Crippen molar-refractivity contribution in [1.82, 2.24) is 4.90 Å². The van der Waals surface area contributed by atoms with E-state index in [1.165, 1.54) is 12.8 Å². The summed E-state index contributed by atoms with van der Waals surface area (Å²) in [7, 11) is 2.09. The highest BCUT2D eigenvalue weighted by Crippen LogP contribution is 2.34. The molecule has 0 amide bonds. The van der Waals surface area contributed by atoms with E-state index in [0.29, 0.717) is 12.5 Å². The van der Waals surface area contributed by atoms with Crippen molar-refractivity contribution in [3.8, 4) is 0 Å². The van der Waals surface area contributed by atoms with E-state index in [1.807, 2.05) is 6.07 Å². The van der Waals surface area contributed by atoms with Crippen molar-refractivity contribution in [3.63, 3.8) is 0 Å². The largest absolute Gasteiger partial charge is 0.330 e. The number of nitrogens with two attached hydrogens (primary N) is 1. The van der Waals surface area contributed by atoms with Gasteiger partial charge in [-0.05, 0) is 56.6 Å². The lowest BCUT2D eigenvalue weighted by Gasteiger charge is -2.32. The predicted octanol–water partition coefficient (Wildman–Crippen LogP) is 3.21. The van der Waals surface area contributed by atoms with Crippen LogP contribution in [0, 0.1) is 11.7 Å². The van der Waals surface area contributed by atoms with Crippen LogP contribution in [0.15, 0.2) is 18.2 Å². The fourth-order valence-corrected chi connectivity index (χ4v) is 3.01. The molecule has 1 aromatic rings. The Morgan fingerprint density at radius 3 is 2.89 bits per heavy atom. The van der Waals surface area contributed by atoms with Crippen molar-refractivity contribution < 1.29 is 4.39 Å². The molecule has 100 valence electrons. The molecule has 2 atom stereocenters. The third kappa shape index (κ3) is 2.85. The fourth-order valence-electron chi connectivity index (χ4n) is 2.89. The zero-order valence-electron chi connectivity index (χ0n) is 10.7. The fraction of sp³-hybridized carbons (Fsp3) is 0.571. The van der Waals surface area contributed by atoms with E-state index in [1.54, 1.807) is 12.1 Å². The Morgan fingerprint density at radius 2 is 2.22 bits per heavy atom. The van der Waals surface area contributed by atoms with Gasteiger partial charge in [0.25, 0.3) is 0 Å². The summed E-state index contributed by atoms with van der Waals surface area (Å²) < 4.78 is 13.6. The first-order valence-corrected chi connectivity index (χ1v) is 6.86. The molecule has 1 aliphatic heterocycles. The van der Waals surface area contributed by atoms with Crippen molar-refractivity contribution in [1.29, 1.82) is 0 Å². The van der Waals surface area contributed by atoms with Crippen LogP contribution in [0.1, 0.15) is 30.9 Å². The summed E-state index contributed by atoms with van der Waals surface area (Å²) in [6, 6.07) is 5.31. The Hall–Kier alpha value is -0.640. The molecule has 1 aromatic carbocycles. The van der Waals surface area contributed by atoms with E-state index < -0.39 is 0 Å². The predicted molar refractivity (Wildman–Crippen MR) is 73.2 cm³/mol. The lowest BCUT2D eigenvalue weighted by molar-refractivity contribution is 0.195. The smallest absolute Gasteiger partial charge is 0.142 e. The van der Waals surface area contributed by atoms with Crippen LogP contribution >= 0.6 is 11.6 Å². The van der Waals surface area contributed by atoms with Crippen molar-refractivity contribution >= 4 is 11.6 Å². The monoisotopic (exact) mass is 270 g/mol. The maximum Gasteiger partial charge on any atom is 0.142 e. The van der Waals surface area contributed by atoms with Crippen LogP contribution in [0.25, 0.3) is 0 Å². The normalized spacial score (nSPS) is 26.0. The molecule has 4 heteroatoms. The van der Waals surface area contributed by atoms with E-state index in [0.717, 1.165) is 18.5 Å². The van der Waals surface area contributed by atoms with Gasteiger partial charge in [-0.25, -0.2) is 4.39 Å². The zero-order valence-corrected chi connectivity index (χ0v) is 11.5. The minimum atomic E-state index is -0.345. The molecule has 2 unspecified atom stereocenters. The minimum Gasteiger partial charge on any atom is -0.330 e. The Bertz CT molecular complexity index is 411. The van der Waals surface area contributed by atoms with Crippen molar-refractivity contribution in [2.75, 3.05) is 20.1 Å². The van der Waals surface area contributed by atoms with Gasteiger partial charge in [-0.3, -0.25) is 4.90 Å². The Labute approximate surface area is 113 Å².